The van der Waals surface area contributed by atoms with Crippen LogP contribution in [0.15, 0.2) is 0 Å². The second kappa shape index (κ2) is 6.34. The van der Waals surface area contributed by atoms with E-state index in [4.69, 9.17) is 5.26 Å². The van der Waals surface area contributed by atoms with E-state index in [1.54, 1.807) is 11.4 Å². The third kappa shape index (κ3) is 3.41. The molecule has 17 heavy (non-hydrogen) atoms. The van der Waals surface area contributed by atoms with E-state index < -0.39 is 10.2 Å². The Morgan fingerprint density at radius 1 is 1.47 bits per heavy atom. The summed E-state index contributed by atoms with van der Waals surface area (Å²) in [7, 11) is -1.83. The first-order chi connectivity index (χ1) is 8.04. The van der Waals surface area contributed by atoms with Crippen LogP contribution in [0.4, 0.5) is 0 Å². The molecule has 0 amide bonds. The lowest BCUT2D eigenvalue weighted by molar-refractivity contribution is 0.231. The minimum absolute atomic E-state index is 0.123. The van der Waals surface area contributed by atoms with Crippen molar-refractivity contribution < 1.29 is 8.42 Å². The zero-order chi connectivity index (χ0) is 12.9. The topological polar surface area (TPSA) is 64.4 Å². The SMILES string of the molecule is CCC1CCCCN1S(=O)(=O)N(C)CCC#N. The van der Waals surface area contributed by atoms with Gasteiger partial charge in [-0.1, -0.05) is 13.3 Å². The maximum atomic E-state index is 12.3. The molecule has 1 heterocycles. The van der Waals surface area contributed by atoms with Gasteiger partial charge in [0.25, 0.3) is 10.2 Å². The van der Waals surface area contributed by atoms with Crippen LogP contribution in [0.25, 0.3) is 0 Å². The number of nitriles is 1. The molecule has 1 rings (SSSR count). The Hall–Kier alpha value is -0.640. The average molecular weight is 259 g/mol. The molecule has 0 aliphatic carbocycles. The van der Waals surface area contributed by atoms with Gasteiger partial charge in [0.05, 0.1) is 6.07 Å². The fourth-order valence-corrected chi connectivity index (χ4v) is 3.86. The van der Waals surface area contributed by atoms with Crippen molar-refractivity contribution in [3.63, 3.8) is 0 Å². The summed E-state index contributed by atoms with van der Waals surface area (Å²) in [6.45, 7) is 2.90. The van der Waals surface area contributed by atoms with Crippen LogP contribution in [0.2, 0.25) is 0 Å². The van der Waals surface area contributed by atoms with Gasteiger partial charge >= 0.3 is 0 Å². The smallest absolute Gasteiger partial charge is 0.198 e. The molecular formula is C11H21N3O2S. The monoisotopic (exact) mass is 259 g/mol. The lowest BCUT2D eigenvalue weighted by Crippen LogP contribution is -2.49. The quantitative estimate of drug-likeness (QED) is 0.748. The zero-order valence-electron chi connectivity index (χ0n) is 10.6. The Balaban J connectivity index is 2.77. The second-order valence-corrected chi connectivity index (χ2v) is 6.39. The van der Waals surface area contributed by atoms with Crippen LogP contribution >= 0.6 is 0 Å². The summed E-state index contributed by atoms with van der Waals surface area (Å²) in [6.07, 6.45) is 4.07. The number of nitrogens with zero attached hydrogens (tertiary/aromatic N) is 3. The molecule has 0 aromatic carbocycles. The Labute approximate surface area is 104 Å². The maximum absolute atomic E-state index is 12.3. The van der Waals surface area contributed by atoms with Gasteiger partial charge in [-0.05, 0) is 19.3 Å². The summed E-state index contributed by atoms with van der Waals surface area (Å²) >= 11 is 0. The number of hydrogen-bond donors (Lipinski definition) is 0. The number of piperidine rings is 1. The van der Waals surface area contributed by atoms with Gasteiger partial charge in [0.2, 0.25) is 0 Å². The molecule has 0 aromatic heterocycles. The highest BCUT2D eigenvalue weighted by Gasteiger charge is 2.33. The standard InChI is InChI=1S/C11H21N3O2S/c1-3-11-7-4-5-10-14(11)17(15,16)13(2)9-6-8-12/h11H,3-7,9-10H2,1-2H3. The molecule has 6 heteroatoms. The molecular weight excluding hydrogens is 238 g/mol. The van der Waals surface area contributed by atoms with E-state index in [-0.39, 0.29) is 19.0 Å². The van der Waals surface area contributed by atoms with Crippen LogP contribution in [0.1, 0.15) is 39.0 Å². The first-order valence-electron chi connectivity index (χ1n) is 6.14. The zero-order valence-corrected chi connectivity index (χ0v) is 11.4. The molecule has 1 saturated heterocycles. The van der Waals surface area contributed by atoms with Gasteiger partial charge in [-0.3, -0.25) is 0 Å². The normalized spacial score (nSPS) is 22.6. The largest absolute Gasteiger partial charge is 0.282 e. The van der Waals surface area contributed by atoms with E-state index >= 15 is 0 Å². The summed E-state index contributed by atoms with van der Waals surface area (Å²) < 4.78 is 27.5. The molecule has 0 radical (unpaired) electrons. The lowest BCUT2D eigenvalue weighted by atomic mass is 10.0. The Bertz CT molecular complexity index is 375. The molecule has 0 bridgehead atoms. The summed E-state index contributed by atoms with van der Waals surface area (Å²) in [6, 6.07) is 2.10. The summed E-state index contributed by atoms with van der Waals surface area (Å²) in [5, 5.41) is 8.50. The van der Waals surface area contributed by atoms with E-state index in [9.17, 15) is 8.42 Å². The Morgan fingerprint density at radius 3 is 2.76 bits per heavy atom. The summed E-state index contributed by atoms with van der Waals surface area (Å²) in [5.74, 6) is 0. The van der Waals surface area contributed by atoms with Gasteiger partial charge in [-0.2, -0.15) is 22.3 Å². The van der Waals surface area contributed by atoms with Gasteiger partial charge in [0.15, 0.2) is 0 Å². The fraction of sp³-hybridized carbons (Fsp3) is 0.909. The van der Waals surface area contributed by atoms with Crippen molar-refractivity contribution in [2.75, 3.05) is 20.1 Å². The first-order valence-corrected chi connectivity index (χ1v) is 7.53. The van der Waals surface area contributed by atoms with Gasteiger partial charge in [0, 0.05) is 32.6 Å². The maximum Gasteiger partial charge on any atom is 0.282 e. The van der Waals surface area contributed by atoms with E-state index in [0.29, 0.717) is 6.54 Å². The van der Waals surface area contributed by atoms with E-state index in [2.05, 4.69) is 0 Å². The molecule has 5 nitrogen and oxygen atoms in total. The van der Waals surface area contributed by atoms with Crippen LogP contribution in [-0.4, -0.2) is 43.2 Å². The van der Waals surface area contributed by atoms with Crippen LogP contribution in [0.5, 0.6) is 0 Å². The van der Waals surface area contributed by atoms with Gasteiger partial charge < -0.3 is 0 Å². The predicted octanol–water partition coefficient (Wildman–Crippen LogP) is 1.34. The lowest BCUT2D eigenvalue weighted by Gasteiger charge is -2.36. The Kier molecular flexibility index (Phi) is 5.37. The second-order valence-electron chi connectivity index (χ2n) is 4.41. The van der Waals surface area contributed by atoms with Gasteiger partial charge in [0.1, 0.15) is 0 Å². The molecule has 0 spiro atoms. The van der Waals surface area contributed by atoms with Gasteiger partial charge in [-0.15, -0.1) is 0 Å². The third-order valence-electron chi connectivity index (χ3n) is 3.27. The Morgan fingerprint density at radius 2 is 2.18 bits per heavy atom. The van der Waals surface area contributed by atoms with Crippen LogP contribution in [0, 0.1) is 11.3 Å². The molecule has 0 saturated carbocycles. The minimum Gasteiger partial charge on any atom is -0.198 e. The molecule has 0 N–H and O–H groups in total. The van der Waals surface area contributed by atoms with Crippen molar-refractivity contribution in [2.24, 2.45) is 0 Å². The molecule has 1 unspecified atom stereocenters. The number of hydrogen-bond acceptors (Lipinski definition) is 3. The molecule has 1 aliphatic heterocycles. The highest BCUT2D eigenvalue weighted by Crippen LogP contribution is 2.23. The summed E-state index contributed by atoms with van der Waals surface area (Å²) in [4.78, 5) is 0. The van der Waals surface area contributed by atoms with Crippen molar-refractivity contribution in [3.8, 4) is 6.07 Å². The predicted molar refractivity (Wildman–Crippen MR) is 66.4 cm³/mol. The van der Waals surface area contributed by atoms with Crippen molar-refractivity contribution in [1.82, 2.24) is 8.61 Å². The van der Waals surface area contributed by atoms with Crippen LogP contribution in [0.3, 0.4) is 0 Å². The van der Waals surface area contributed by atoms with Gasteiger partial charge in [-0.25, -0.2) is 0 Å². The first kappa shape index (κ1) is 14.4. The molecule has 1 fully saturated rings. The highest BCUT2D eigenvalue weighted by atomic mass is 32.2. The minimum atomic E-state index is -3.38. The third-order valence-corrected chi connectivity index (χ3v) is 5.32. The fourth-order valence-electron chi connectivity index (χ4n) is 2.19. The molecule has 1 aliphatic rings. The van der Waals surface area contributed by atoms with Crippen molar-refractivity contribution in [2.45, 2.75) is 45.1 Å². The van der Waals surface area contributed by atoms with E-state index in [1.165, 1.54) is 4.31 Å². The summed E-state index contributed by atoms with van der Waals surface area (Å²) in [5.41, 5.74) is 0. The molecule has 1 atom stereocenters. The van der Waals surface area contributed by atoms with Crippen molar-refractivity contribution in [3.05, 3.63) is 0 Å². The number of rotatable bonds is 5. The van der Waals surface area contributed by atoms with Crippen LogP contribution < -0.4 is 0 Å². The molecule has 98 valence electrons. The van der Waals surface area contributed by atoms with Crippen molar-refractivity contribution >= 4 is 10.2 Å². The van der Waals surface area contributed by atoms with Crippen molar-refractivity contribution in [1.29, 1.82) is 5.26 Å². The van der Waals surface area contributed by atoms with Crippen LogP contribution in [-0.2, 0) is 10.2 Å². The highest BCUT2D eigenvalue weighted by molar-refractivity contribution is 7.86. The van der Waals surface area contributed by atoms with E-state index in [1.807, 2.05) is 13.0 Å². The molecule has 0 aromatic rings. The van der Waals surface area contributed by atoms with E-state index in [0.717, 1.165) is 25.7 Å². The average Bonchev–Trinajstić information content (AvgIpc) is 2.35.